The number of aliphatic hydroxyl groups is 1. The second-order valence-corrected chi connectivity index (χ2v) is 5.94. The number of rotatable bonds is 5. The molecule has 1 amide bonds. The Morgan fingerprint density at radius 1 is 1.65 bits per heavy atom. The van der Waals surface area contributed by atoms with Crippen molar-refractivity contribution in [2.45, 2.75) is 45.6 Å². The quantitative estimate of drug-likeness (QED) is 0.794. The molecule has 3 nitrogen and oxygen atoms in total. The Hall–Kier alpha value is -0.830. The van der Waals surface area contributed by atoms with Crippen LogP contribution in [0.5, 0.6) is 0 Å². The summed E-state index contributed by atoms with van der Waals surface area (Å²) in [5.74, 6) is 0.525. The molecule has 2 atom stereocenters. The fourth-order valence-electron chi connectivity index (χ4n) is 2.43. The van der Waals surface area contributed by atoms with Crippen molar-refractivity contribution in [2.75, 3.05) is 13.6 Å². The van der Waals surface area contributed by atoms with Gasteiger partial charge in [0.1, 0.15) is 0 Å². The van der Waals surface area contributed by atoms with Gasteiger partial charge < -0.3 is 10.0 Å². The minimum atomic E-state index is -0.331. The largest absolute Gasteiger partial charge is 0.391 e. The zero-order valence-corrected chi connectivity index (χ0v) is 11.1. The van der Waals surface area contributed by atoms with Gasteiger partial charge in [0.05, 0.1) is 6.10 Å². The van der Waals surface area contributed by atoms with Gasteiger partial charge in [0.25, 0.3) is 0 Å². The van der Waals surface area contributed by atoms with Crippen molar-refractivity contribution in [3.63, 3.8) is 0 Å². The van der Waals surface area contributed by atoms with E-state index in [1.54, 1.807) is 11.9 Å². The lowest BCUT2D eigenvalue weighted by Gasteiger charge is -2.36. The van der Waals surface area contributed by atoms with Gasteiger partial charge in [-0.15, -0.1) is 0 Å². The van der Waals surface area contributed by atoms with E-state index in [2.05, 4.69) is 19.9 Å². The monoisotopic (exact) mass is 237 g/mol. The molecular formula is C14H23NO2. The predicted molar refractivity (Wildman–Crippen MR) is 67.5 cm³/mol. The topological polar surface area (TPSA) is 40.5 Å². The van der Waals surface area contributed by atoms with Crippen molar-refractivity contribution in [1.29, 1.82) is 0 Å². The highest BCUT2D eigenvalue weighted by molar-refractivity contribution is 5.95. The van der Waals surface area contributed by atoms with Crippen LogP contribution < -0.4 is 0 Å². The summed E-state index contributed by atoms with van der Waals surface area (Å²) in [6.45, 7) is 4.81. The zero-order chi connectivity index (χ0) is 12.6. The van der Waals surface area contributed by atoms with Crippen LogP contribution in [0.1, 0.15) is 39.5 Å². The number of likely N-dealkylation sites (N-methyl/N-ethyl adjacent to an activating group) is 1. The van der Waals surface area contributed by atoms with Crippen molar-refractivity contribution in [1.82, 2.24) is 4.90 Å². The molecule has 0 aromatic heterocycles. The van der Waals surface area contributed by atoms with Crippen molar-refractivity contribution < 1.29 is 9.90 Å². The van der Waals surface area contributed by atoms with Gasteiger partial charge in [0, 0.05) is 19.2 Å². The first-order chi connectivity index (χ1) is 7.95. The summed E-state index contributed by atoms with van der Waals surface area (Å²) in [5, 5.41) is 9.82. The molecule has 0 aromatic carbocycles. The molecule has 2 unspecified atom stereocenters. The van der Waals surface area contributed by atoms with Crippen LogP contribution in [-0.4, -0.2) is 35.6 Å². The van der Waals surface area contributed by atoms with Crippen molar-refractivity contribution in [2.24, 2.45) is 11.3 Å². The molecule has 1 fully saturated rings. The van der Waals surface area contributed by atoms with Gasteiger partial charge in [-0.25, -0.2) is 0 Å². The fourth-order valence-corrected chi connectivity index (χ4v) is 2.43. The molecule has 96 valence electrons. The molecule has 0 radical (unpaired) electrons. The maximum atomic E-state index is 12.1. The van der Waals surface area contributed by atoms with E-state index in [1.165, 1.54) is 0 Å². The first-order valence-corrected chi connectivity index (χ1v) is 6.60. The maximum Gasteiger partial charge on any atom is 0.249 e. The minimum absolute atomic E-state index is 0.0932. The first-order valence-electron chi connectivity index (χ1n) is 6.60. The lowest BCUT2D eigenvalue weighted by atomic mass is 9.70. The van der Waals surface area contributed by atoms with E-state index in [9.17, 15) is 9.90 Å². The highest BCUT2D eigenvalue weighted by Crippen LogP contribution is 2.42. The average molecular weight is 237 g/mol. The SMILES string of the molecule is CCC1(C)C=C(C(=O)N(C)CC(O)C2CC2)C1. The van der Waals surface area contributed by atoms with E-state index in [4.69, 9.17) is 0 Å². The number of amides is 1. The highest BCUT2D eigenvalue weighted by Gasteiger charge is 2.36. The number of aliphatic hydroxyl groups excluding tert-OH is 1. The molecule has 3 heteroatoms. The normalized spacial score (nSPS) is 29.3. The molecule has 2 rings (SSSR count). The number of carbonyl (C=O) groups is 1. The Kier molecular flexibility index (Phi) is 3.30. The second-order valence-electron chi connectivity index (χ2n) is 5.94. The Labute approximate surface area is 103 Å². The number of carbonyl (C=O) groups excluding carboxylic acids is 1. The lowest BCUT2D eigenvalue weighted by molar-refractivity contribution is -0.128. The first kappa shape index (κ1) is 12.6. The van der Waals surface area contributed by atoms with E-state index >= 15 is 0 Å². The number of hydrogen-bond donors (Lipinski definition) is 1. The van der Waals surface area contributed by atoms with Crippen LogP contribution in [0.25, 0.3) is 0 Å². The van der Waals surface area contributed by atoms with E-state index in [-0.39, 0.29) is 17.4 Å². The van der Waals surface area contributed by atoms with Crippen molar-refractivity contribution in [3.05, 3.63) is 11.6 Å². The average Bonchev–Trinajstić information content (AvgIpc) is 3.07. The highest BCUT2D eigenvalue weighted by atomic mass is 16.3. The Morgan fingerprint density at radius 2 is 2.24 bits per heavy atom. The predicted octanol–water partition coefficient (Wildman–Crippen LogP) is 1.96. The number of nitrogens with zero attached hydrogens (tertiary/aromatic N) is 1. The molecule has 0 aliphatic heterocycles. The van der Waals surface area contributed by atoms with E-state index in [0.29, 0.717) is 12.5 Å². The van der Waals surface area contributed by atoms with Crippen LogP contribution >= 0.6 is 0 Å². The standard InChI is InChI=1S/C14H23NO2/c1-4-14(2)7-11(8-14)13(17)15(3)9-12(16)10-5-6-10/h7,10,12,16H,4-6,8-9H2,1-3H3. The minimum Gasteiger partial charge on any atom is -0.391 e. The second kappa shape index (κ2) is 4.45. The summed E-state index contributed by atoms with van der Waals surface area (Å²) in [5.41, 5.74) is 1.14. The van der Waals surface area contributed by atoms with Crippen molar-refractivity contribution >= 4 is 5.91 Å². The summed E-state index contributed by atoms with van der Waals surface area (Å²) < 4.78 is 0. The molecule has 1 saturated carbocycles. The van der Waals surface area contributed by atoms with Gasteiger partial charge in [0.15, 0.2) is 0 Å². The molecule has 0 aromatic rings. The third-order valence-corrected chi connectivity index (χ3v) is 4.17. The van der Waals surface area contributed by atoms with Crippen molar-refractivity contribution in [3.8, 4) is 0 Å². The van der Waals surface area contributed by atoms with Crippen LogP contribution in [0.3, 0.4) is 0 Å². The van der Waals surface area contributed by atoms with Gasteiger partial charge in [-0.1, -0.05) is 19.9 Å². The molecule has 1 N–H and O–H groups in total. The van der Waals surface area contributed by atoms with Gasteiger partial charge in [0.2, 0.25) is 5.91 Å². The molecule has 0 spiro atoms. The third kappa shape index (κ3) is 2.71. The maximum absolute atomic E-state index is 12.1. The van der Waals surface area contributed by atoms with Crippen LogP contribution in [0.4, 0.5) is 0 Å². The Bertz CT molecular complexity index is 346. The molecule has 2 aliphatic rings. The zero-order valence-electron chi connectivity index (χ0n) is 11.1. The fraction of sp³-hybridized carbons (Fsp3) is 0.786. The van der Waals surface area contributed by atoms with E-state index in [1.807, 2.05) is 0 Å². The molecular weight excluding hydrogens is 214 g/mol. The van der Waals surface area contributed by atoms with Crippen LogP contribution in [-0.2, 0) is 4.79 Å². The van der Waals surface area contributed by atoms with Gasteiger partial charge >= 0.3 is 0 Å². The Morgan fingerprint density at radius 3 is 2.71 bits per heavy atom. The van der Waals surface area contributed by atoms with Gasteiger partial charge in [-0.2, -0.15) is 0 Å². The Balaban J connectivity index is 1.86. The molecule has 17 heavy (non-hydrogen) atoms. The third-order valence-electron chi connectivity index (χ3n) is 4.17. The summed E-state index contributed by atoms with van der Waals surface area (Å²) in [6, 6.07) is 0. The summed E-state index contributed by atoms with van der Waals surface area (Å²) in [4.78, 5) is 13.7. The lowest BCUT2D eigenvalue weighted by Crippen LogP contribution is -2.39. The van der Waals surface area contributed by atoms with E-state index in [0.717, 1.165) is 31.3 Å². The van der Waals surface area contributed by atoms with E-state index < -0.39 is 0 Å². The van der Waals surface area contributed by atoms with Crippen LogP contribution in [0, 0.1) is 11.3 Å². The van der Waals surface area contributed by atoms with Crippen LogP contribution in [0.15, 0.2) is 11.6 Å². The molecule has 0 heterocycles. The molecule has 0 saturated heterocycles. The summed E-state index contributed by atoms with van der Waals surface area (Å²) >= 11 is 0. The summed E-state index contributed by atoms with van der Waals surface area (Å²) in [7, 11) is 1.79. The smallest absolute Gasteiger partial charge is 0.249 e. The van der Waals surface area contributed by atoms with Crippen LogP contribution in [0.2, 0.25) is 0 Å². The summed E-state index contributed by atoms with van der Waals surface area (Å²) in [6.07, 6.45) is 5.95. The number of hydrogen-bond acceptors (Lipinski definition) is 2. The molecule has 0 bridgehead atoms. The van der Waals surface area contributed by atoms with Gasteiger partial charge in [-0.3, -0.25) is 4.79 Å². The van der Waals surface area contributed by atoms with Gasteiger partial charge in [-0.05, 0) is 37.0 Å². The number of allylic oxidation sites excluding steroid dienone is 1. The molecule has 2 aliphatic carbocycles.